The number of nitrogens with zero attached hydrogens (tertiary/aromatic N) is 7. The van der Waals surface area contributed by atoms with Gasteiger partial charge in [0.2, 0.25) is 11.8 Å². The number of aryl methyl sites for hydroxylation is 2. The van der Waals surface area contributed by atoms with Crippen LogP contribution in [0.15, 0.2) is 45.9 Å². The van der Waals surface area contributed by atoms with Gasteiger partial charge in [0, 0.05) is 92.7 Å². The Morgan fingerprint density at radius 3 is 1.86 bits per heavy atom. The Morgan fingerprint density at radius 1 is 0.742 bits per heavy atom. The molecule has 2 aromatic heterocycles. The summed E-state index contributed by atoms with van der Waals surface area (Å²) in [4.78, 5) is 138. The van der Waals surface area contributed by atoms with Gasteiger partial charge in [-0.15, -0.1) is 0 Å². The Labute approximate surface area is 563 Å². The quantitative estimate of drug-likeness (QED) is 0.0143. The number of carbonyl (C=O) groups excluding carboxylic acids is 5. The maximum Gasteiger partial charge on any atom is 0.386 e. The van der Waals surface area contributed by atoms with Crippen LogP contribution in [0.2, 0.25) is 0 Å². The Bertz CT molecular complexity index is 3380. The summed E-state index contributed by atoms with van der Waals surface area (Å²) in [6.45, 7) is 4.56. The highest BCUT2D eigenvalue weighted by Crippen LogP contribution is 2.58. The van der Waals surface area contributed by atoms with E-state index in [0.717, 1.165) is 4.90 Å². The molecule has 3 aliphatic heterocycles. The zero-order valence-corrected chi connectivity index (χ0v) is 61.9. The highest BCUT2D eigenvalue weighted by Gasteiger charge is 2.47. The number of ether oxygens (including phenoxy) is 4. The number of hydrogen-bond donors (Lipinski definition) is 5. The average molecular weight is 1460 g/mol. The summed E-state index contributed by atoms with van der Waals surface area (Å²) < 4.78 is 82.8. The molecule has 13 atom stereocenters. The van der Waals surface area contributed by atoms with Gasteiger partial charge in [-0.3, -0.25) is 52.0 Å². The number of carbonyl (C=O) groups is 5. The van der Waals surface area contributed by atoms with Crippen LogP contribution in [0.5, 0.6) is 0 Å². The predicted molar refractivity (Wildman–Crippen MR) is 356 cm³/mol. The molecule has 0 aliphatic carbocycles. The molecule has 4 unspecified atom stereocenters. The van der Waals surface area contributed by atoms with Gasteiger partial charge in [0.25, 0.3) is 0 Å². The van der Waals surface area contributed by atoms with Crippen molar-refractivity contribution in [1.29, 1.82) is 0 Å². The lowest BCUT2D eigenvalue weighted by molar-refractivity contribution is -0.139. The van der Waals surface area contributed by atoms with Crippen molar-refractivity contribution in [1.82, 2.24) is 28.9 Å². The number of imidazole rings is 1. The summed E-state index contributed by atoms with van der Waals surface area (Å²) in [7, 11) is 1.24. The van der Waals surface area contributed by atoms with Crippen LogP contribution >= 0.6 is 39.2 Å². The molecule has 0 bridgehead atoms. The van der Waals surface area contributed by atoms with E-state index in [0.29, 0.717) is 35.4 Å². The number of hydrogen-bond acceptors (Lipinski definition) is 24. The van der Waals surface area contributed by atoms with Crippen LogP contribution in [0.1, 0.15) is 144 Å². The van der Waals surface area contributed by atoms with E-state index in [2.05, 4.69) is 22.2 Å². The fraction of sp³-hybridized carbons (Fsp3) is 0.696. The van der Waals surface area contributed by atoms with Gasteiger partial charge in [0.1, 0.15) is 49.2 Å². The van der Waals surface area contributed by atoms with Crippen LogP contribution in [-0.2, 0) is 116 Å². The average Bonchev–Trinajstić information content (AvgIpc) is 1.67. The molecule has 0 spiro atoms. The number of Topliss-reactive ketones (excluding diaryl/α,β-unsaturated/α-hetero) is 3. The minimum Gasteiger partial charge on any atom is -0.376 e. The lowest BCUT2D eigenvalue weighted by Crippen LogP contribution is -2.40. The SMILES string of the molecule is CO[C@H](COP(O)(=S)O[C@@H]1C[C@H](N(/C=C(/C)C(=O)C(C)C)C(C)=O)O[C@@H]1COP(=O)(S)O[C@@H]1CC(n2cnc(C(=O)C(C)C)c2N=C(C)C(C)C)O[C@@H]1COP(O)(O)=S)[C@@H](Cn1cc(C)c(C)nc1=O)OP(O)(=S)OC[C@@H]1CC[C@H](N(/C=C(/C)C(=O)C(C)C)C(C)=O)O1. The second-order valence-electron chi connectivity index (χ2n) is 24.0. The number of methoxy groups -OCH3 is 1. The summed E-state index contributed by atoms with van der Waals surface area (Å²) in [5, 5.41) is 0. The van der Waals surface area contributed by atoms with Crippen molar-refractivity contribution in [3.8, 4) is 0 Å². The number of aromatic nitrogens is 4. The fourth-order valence-electron chi connectivity index (χ4n) is 9.74. The lowest BCUT2D eigenvalue weighted by atomic mass is 10.0. The van der Waals surface area contributed by atoms with Crippen LogP contribution in [0, 0.1) is 37.5 Å². The molecule has 0 radical (unpaired) electrons. The van der Waals surface area contributed by atoms with Gasteiger partial charge >= 0.3 is 32.6 Å². The normalized spacial score (nSPS) is 24.3. The predicted octanol–water partition coefficient (Wildman–Crippen LogP) is 8.12. The van der Waals surface area contributed by atoms with Crippen LogP contribution in [0.3, 0.4) is 0 Å². The number of thiol groups is 1. The van der Waals surface area contributed by atoms with Crippen molar-refractivity contribution < 1.29 is 98.7 Å². The molecule has 29 nitrogen and oxygen atoms in total. The number of amides is 2. The van der Waals surface area contributed by atoms with Gasteiger partial charge in [-0.1, -0.05) is 67.6 Å². The van der Waals surface area contributed by atoms with Crippen molar-refractivity contribution in [3.63, 3.8) is 0 Å². The Hall–Kier alpha value is -2.88. The van der Waals surface area contributed by atoms with E-state index in [1.54, 1.807) is 69.2 Å². The fourth-order valence-corrected chi connectivity index (χ4v) is 14.7. The minimum absolute atomic E-state index is 0.0320. The molecule has 0 aromatic carbocycles. The Morgan fingerprint density at radius 2 is 1.31 bits per heavy atom. The van der Waals surface area contributed by atoms with Crippen LogP contribution in [0.25, 0.3) is 0 Å². The second kappa shape index (κ2) is 34.7. The van der Waals surface area contributed by atoms with E-state index >= 15 is 0 Å². The van der Waals surface area contributed by atoms with E-state index in [1.807, 2.05) is 13.8 Å². The second-order valence-corrected chi connectivity index (χ2v) is 35.1. The monoisotopic (exact) mass is 1460 g/mol. The summed E-state index contributed by atoms with van der Waals surface area (Å²) in [5.74, 6) is -2.75. The Kier molecular flexibility index (Phi) is 30.2. The number of aliphatic imine (C=N–C) groups is 1. The lowest BCUT2D eigenvalue weighted by Gasteiger charge is -2.31. The molecular weight excluding hydrogens is 1370 g/mol. The van der Waals surface area contributed by atoms with Crippen LogP contribution in [-0.4, -0.2) is 172 Å². The summed E-state index contributed by atoms with van der Waals surface area (Å²) in [6, 6.07) is 0. The van der Waals surface area contributed by atoms with Gasteiger partial charge in [-0.2, -0.15) is 4.98 Å². The Balaban J connectivity index is 1.41. The summed E-state index contributed by atoms with van der Waals surface area (Å²) in [5.41, 5.74) is 1.65. The molecule has 93 heavy (non-hydrogen) atoms. The topological polar surface area (TPSA) is 356 Å². The third-order valence-corrected chi connectivity index (χ3v) is 20.8. The highest BCUT2D eigenvalue weighted by molar-refractivity contribution is 8.44. The van der Waals surface area contributed by atoms with Crippen molar-refractivity contribution in [2.75, 3.05) is 33.5 Å². The van der Waals surface area contributed by atoms with Crippen molar-refractivity contribution in [2.24, 2.45) is 28.7 Å². The third-order valence-electron chi connectivity index (χ3n) is 15.2. The first-order chi connectivity index (χ1) is 43.0. The highest BCUT2D eigenvalue weighted by atomic mass is 32.7. The van der Waals surface area contributed by atoms with Crippen molar-refractivity contribution in [3.05, 3.63) is 63.5 Å². The first kappa shape index (κ1) is 80.8. The minimum atomic E-state index is -4.60. The maximum atomic E-state index is 14.5. The molecule has 2 aromatic rings. The number of allylic oxidation sites excluding steroid dienone is 2. The standard InChI is InChI=1S/C56H89N7O22P4S4/c1-30(2)37(12)58-55-51(54(68)33(7)8)57-29-63(55)50-20-43(46(82-50)27-76-86(70,71)90)84-89(74,93)79-28-47-42(19-49(81-47)62(40(15)65)23-36(11)53(67)32(5)6)83-88(73,92)78-26-45(75-16)44(24-60-21-34(9)38(13)59-56(60)69)85-87(72,91)77-25-41-17-18-48(80-41)61(39(14)64)22-35(10)52(66)31(3)4/h21-23,29-33,41-50H,17-20,24-28H2,1-16H3,(H,72,91)(H,73,92)(H,74,93)(H2,70,71,90)/b35-22-,36-23-,58-37?/t41-,42+,43+,44+,45+,46+,47+,48+,49+,50?,87?,88?,89?/m0/s1. The zero-order chi connectivity index (χ0) is 70.0. The van der Waals surface area contributed by atoms with Crippen molar-refractivity contribution in [2.45, 2.75) is 197 Å². The van der Waals surface area contributed by atoms with E-state index in [4.69, 9.17) is 91.0 Å². The molecule has 4 N–H and O–H groups in total. The summed E-state index contributed by atoms with van der Waals surface area (Å²) >= 11 is 20.1. The van der Waals surface area contributed by atoms with E-state index < -0.39 is 132 Å². The van der Waals surface area contributed by atoms with Gasteiger partial charge in [-0.25, -0.2) is 19.3 Å². The van der Waals surface area contributed by atoms with Crippen molar-refractivity contribution >= 4 is 115 Å². The maximum absolute atomic E-state index is 14.5. The molecule has 5 rings (SSSR count). The first-order valence-electron chi connectivity index (χ1n) is 29.9. The number of ketones is 3. The molecule has 0 saturated carbocycles. The van der Waals surface area contributed by atoms with Crippen LogP contribution < -0.4 is 5.69 Å². The number of rotatable bonds is 35. The molecule has 2 amide bonds. The zero-order valence-electron chi connectivity index (χ0n) is 55.0. The van der Waals surface area contributed by atoms with Crippen LogP contribution in [0.4, 0.5) is 5.82 Å². The molecule has 3 fully saturated rings. The summed E-state index contributed by atoms with van der Waals surface area (Å²) in [6.07, 6.45) is -5.80. The van der Waals surface area contributed by atoms with Gasteiger partial charge in [0.15, 0.2) is 28.9 Å². The molecule has 524 valence electrons. The molecule has 5 heterocycles. The molecular formula is C56H89N7O22P4S4. The third kappa shape index (κ3) is 23.9. The molecule has 3 aliphatic rings. The van der Waals surface area contributed by atoms with Gasteiger partial charge in [-0.05, 0) is 94.4 Å². The first-order valence-corrected chi connectivity index (χ1v) is 40.4. The molecule has 37 heteroatoms. The van der Waals surface area contributed by atoms with E-state index in [9.17, 15) is 52.9 Å². The largest absolute Gasteiger partial charge is 0.386 e. The van der Waals surface area contributed by atoms with Gasteiger partial charge < -0.3 is 61.1 Å². The smallest absolute Gasteiger partial charge is 0.376 e. The van der Waals surface area contributed by atoms with E-state index in [-0.39, 0.29) is 78.2 Å². The van der Waals surface area contributed by atoms with E-state index in [1.165, 1.54) is 66.8 Å². The molecule has 3 saturated heterocycles. The van der Waals surface area contributed by atoms with Gasteiger partial charge in [0.05, 0.1) is 51.5 Å².